The van der Waals surface area contributed by atoms with Crippen LogP contribution >= 0.6 is 27.5 Å². The molecule has 30 heavy (non-hydrogen) atoms. The SMILES string of the molecule is CCC(Oc1ccc2ccccc2c1Br)C(=O)NN=Cc1ccc(Cl)c([N+](=O)[O-])c1. The molecule has 3 aromatic rings. The van der Waals surface area contributed by atoms with Crippen molar-refractivity contribution < 1.29 is 14.5 Å². The third-order valence-electron chi connectivity index (χ3n) is 4.32. The van der Waals surface area contributed by atoms with Crippen molar-refractivity contribution in [3.05, 3.63) is 79.8 Å². The number of nitro benzene ring substituents is 1. The first-order valence-corrected chi connectivity index (χ1v) is 10.2. The van der Waals surface area contributed by atoms with E-state index in [1.54, 1.807) is 12.1 Å². The van der Waals surface area contributed by atoms with E-state index in [-0.39, 0.29) is 10.7 Å². The normalized spacial score (nSPS) is 12.1. The molecule has 1 amide bonds. The first-order valence-electron chi connectivity index (χ1n) is 9.01. The van der Waals surface area contributed by atoms with Gasteiger partial charge in [0, 0.05) is 11.6 Å². The van der Waals surface area contributed by atoms with Crippen LogP contribution in [0.1, 0.15) is 18.9 Å². The summed E-state index contributed by atoms with van der Waals surface area (Å²) in [5.74, 6) is 0.116. The maximum Gasteiger partial charge on any atom is 0.288 e. The van der Waals surface area contributed by atoms with Crippen LogP contribution in [0.15, 0.2) is 64.2 Å². The van der Waals surface area contributed by atoms with Crippen LogP contribution in [0.2, 0.25) is 5.02 Å². The van der Waals surface area contributed by atoms with Crippen molar-refractivity contribution in [3.63, 3.8) is 0 Å². The Kier molecular flexibility index (Phi) is 7.02. The lowest BCUT2D eigenvalue weighted by Crippen LogP contribution is -2.35. The molecule has 0 fully saturated rings. The van der Waals surface area contributed by atoms with Gasteiger partial charge in [-0.25, -0.2) is 5.43 Å². The van der Waals surface area contributed by atoms with Gasteiger partial charge in [-0.05, 0) is 45.3 Å². The number of benzene rings is 3. The summed E-state index contributed by atoms with van der Waals surface area (Å²) in [6.07, 6.45) is 0.964. The molecule has 1 N–H and O–H groups in total. The van der Waals surface area contributed by atoms with Crippen LogP contribution in [0.5, 0.6) is 5.75 Å². The van der Waals surface area contributed by atoms with E-state index in [2.05, 4.69) is 26.5 Å². The highest BCUT2D eigenvalue weighted by molar-refractivity contribution is 9.10. The molecule has 1 atom stereocenters. The lowest BCUT2D eigenvalue weighted by Gasteiger charge is -2.17. The summed E-state index contributed by atoms with van der Waals surface area (Å²) in [5.41, 5.74) is 2.60. The number of amides is 1. The quantitative estimate of drug-likeness (QED) is 0.270. The van der Waals surface area contributed by atoms with E-state index in [1.165, 1.54) is 18.3 Å². The van der Waals surface area contributed by atoms with E-state index in [4.69, 9.17) is 16.3 Å². The number of hydrogen-bond acceptors (Lipinski definition) is 5. The van der Waals surface area contributed by atoms with Gasteiger partial charge in [0.05, 0.1) is 15.6 Å². The van der Waals surface area contributed by atoms with Gasteiger partial charge in [0.2, 0.25) is 0 Å². The summed E-state index contributed by atoms with van der Waals surface area (Å²) < 4.78 is 6.66. The van der Waals surface area contributed by atoms with Crippen molar-refractivity contribution in [1.29, 1.82) is 0 Å². The Labute approximate surface area is 186 Å². The molecule has 7 nitrogen and oxygen atoms in total. The van der Waals surface area contributed by atoms with Gasteiger partial charge in [0.1, 0.15) is 10.8 Å². The molecule has 0 aliphatic rings. The molecule has 154 valence electrons. The van der Waals surface area contributed by atoms with Crippen LogP contribution in [0.25, 0.3) is 10.8 Å². The Morgan fingerprint density at radius 1 is 1.30 bits per heavy atom. The molecule has 3 rings (SSSR count). The van der Waals surface area contributed by atoms with E-state index in [1.807, 2.05) is 37.3 Å². The highest BCUT2D eigenvalue weighted by Gasteiger charge is 2.20. The Hall–Kier alpha value is -2.97. The minimum atomic E-state index is -0.765. The fourth-order valence-electron chi connectivity index (χ4n) is 2.77. The Morgan fingerprint density at radius 2 is 2.07 bits per heavy atom. The largest absolute Gasteiger partial charge is 0.479 e. The van der Waals surface area contributed by atoms with E-state index in [9.17, 15) is 14.9 Å². The monoisotopic (exact) mass is 489 g/mol. The van der Waals surface area contributed by atoms with Gasteiger partial charge in [-0.2, -0.15) is 5.10 Å². The topological polar surface area (TPSA) is 93.8 Å². The number of hydrogen-bond donors (Lipinski definition) is 1. The second-order valence-electron chi connectivity index (χ2n) is 6.32. The molecule has 0 saturated heterocycles. The van der Waals surface area contributed by atoms with Crippen molar-refractivity contribution in [3.8, 4) is 5.75 Å². The van der Waals surface area contributed by atoms with Gasteiger partial charge in [-0.3, -0.25) is 14.9 Å². The third kappa shape index (κ3) is 4.95. The molecule has 1 unspecified atom stereocenters. The van der Waals surface area contributed by atoms with Crippen molar-refractivity contribution >= 4 is 56.1 Å². The summed E-state index contributed by atoms with van der Waals surface area (Å²) in [6.45, 7) is 1.82. The average Bonchev–Trinajstić information content (AvgIpc) is 2.74. The standard InChI is InChI=1S/C21H17BrClN3O4/c1-2-18(30-19-10-8-14-5-3-4-6-15(14)20(19)22)21(27)25-24-12-13-7-9-16(23)17(11-13)26(28)29/h3-12,18H,2H2,1H3,(H,25,27). The fraction of sp³-hybridized carbons (Fsp3) is 0.143. The number of hydrazone groups is 1. The lowest BCUT2D eigenvalue weighted by molar-refractivity contribution is -0.384. The van der Waals surface area contributed by atoms with Crippen LogP contribution in [-0.4, -0.2) is 23.1 Å². The number of ether oxygens (including phenoxy) is 1. The number of rotatable bonds is 7. The number of carbonyl (C=O) groups excluding carboxylic acids is 1. The molecule has 0 heterocycles. The number of nitrogens with one attached hydrogen (secondary N) is 1. The van der Waals surface area contributed by atoms with Crippen LogP contribution in [0, 0.1) is 10.1 Å². The van der Waals surface area contributed by atoms with Crippen molar-refractivity contribution in [2.75, 3.05) is 0 Å². The van der Waals surface area contributed by atoms with Gasteiger partial charge in [0.15, 0.2) is 6.10 Å². The predicted molar refractivity (Wildman–Crippen MR) is 120 cm³/mol. The highest BCUT2D eigenvalue weighted by atomic mass is 79.9. The smallest absolute Gasteiger partial charge is 0.288 e. The minimum absolute atomic E-state index is 0.0293. The lowest BCUT2D eigenvalue weighted by atomic mass is 10.1. The zero-order valence-electron chi connectivity index (χ0n) is 15.8. The molecule has 0 saturated carbocycles. The maximum absolute atomic E-state index is 12.5. The van der Waals surface area contributed by atoms with Crippen molar-refractivity contribution in [2.45, 2.75) is 19.4 Å². The third-order valence-corrected chi connectivity index (χ3v) is 5.45. The minimum Gasteiger partial charge on any atom is -0.479 e. The van der Waals surface area contributed by atoms with Crippen LogP contribution in [0.4, 0.5) is 5.69 Å². The van der Waals surface area contributed by atoms with Gasteiger partial charge in [-0.1, -0.05) is 54.9 Å². The number of halogens is 2. The Bertz CT molecular complexity index is 1140. The zero-order valence-corrected chi connectivity index (χ0v) is 18.2. The first-order chi connectivity index (χ1) is 14.4. The van der Waals surface area contributed by atoms with Crippen LogP contribution in [-0.2, 0) is 4.79 Å². The van der Waals surface area contributed by atoms with Gasteiger partial charge >= 0.3 is 0 Å². The molecule has 0 spiro atoms. The fourth-order valence-corrected chi connectivity index (χ4v) is 3.55. The summed E-state index contributed by atoms with van der Waals surface area (Å²) in [6, 6.07) is 15.8. The molecule has 0 aliphatic carbocycles. The van der Waals surface area contributed by atoms with Gasteiger partial charge < -0.3 is 4.74 Å². The number of carbonyl (C=O) groups is 1. The van der Waals surface area contributed by atoms with E-state index in [0.717, 1.165) is 15.2 Å². The Balaban J connectivity index is 1.70. The summed E-state index contributed by atoms with van der Waals surface area (Å²) in [7, 11) is 0. The predicted octanol–water partition coefficient (Wildman–Crippen LogP) is 5.47. The molecule has 3 aromatic carbocycles. The summed E-state index contributed by atoms with van der Waals surface area (Å²) in [4.78, 5) is 22.8. The molecule has 9 heteroatoms. The molecule has 0 aliphatic heterocycles. The van der Waals surface area contributed by atoms with Gasteiger partial charge in [0.25, 0.3) is 11.6 Å². The molecule has 0 bridgehead atoms. The zero-order chi connectivity index (χ0) is 21.7. The maximum atomic E-state index is 12.5. The van der Waals surface area contributed by atoms with Crippen LogP contribution < -0.4 is 10.2 Å². The molecular formula is C21H17BrClN3O4. The van der Waals surface area contributed by atoms with Crippen molar-refractivity contribution in [2.24, 2.45) is 5.10 Å². The van der Waals surface area contributed by atoms with Gasteiger partial charge in [-0.15, -0.1) is 0 Å². The molecule has 0 radical (unpaired) electrons. The first kappa shape index (κ1) is 21.7. The van der Waals surface area contributed by atoms with Crippen LogP contribution in [0.3, 0.4) is 0 Å². The Morgan fingerprint density at radius 3 is 2.80 bits per heavy atom. The summed E-state index contributed by atoms with van der Waals surface area (Å²) >= 11 is 9.33. The molecular weight excluding hydrogens is 474 g/mol. The summed E-state index contributed by atoms with van der Waals surface area (Å²) in [5, 5.41) is 16.9. The molecule has 0 aromatic heterocycles. The van der Waals surface area contributed by atoms with Crippen molar-refractivity contribution in [1.82, 2.24) is 5.43 Å². The second-order valence-corrected chi connectivity index (χ2v) is 7.52. The van der Waals surface area contributed by atoms with E-state index < -0.39 is 16.9 Å². The van der Waals surface area contributed by atoms with E-state index in [0.29, 0.717) is 17.7 Å². The second kappa shape index (κ2) is 9.69. The number of nitrogens with zero attached hydrogens (tertiary/aromatic N) is 2. The van der Waals surface area contributed by atoms with E-state index >= 15 is 0 Å². The highest BCUT2D eigenvalue weighted by Crippen LogP contribution is 2.33. The number of nitro groups is 1. The number of fused-ring (bicyclic) bond motifs is 1. The average molecular weight is 491 g/mol.